The minimum absolute atomic E-state index is 0.0134. The predicted molar refractivity (Wildman–Crippen MR) is 94.4 cm³/mol. The standard InChI is InChI=1S/C15H15NO5S.C2H6O/c17-7-10-4-12(1-2-14(10)19)22-13-3-9(6-16-21)15(20)11(5-13)8-18;1-2-3/h1-5,17-20H,6-8H2;3H,2H2,1H3. The molecule has 0 amide bonds. The maximum Gasteiger partial charge on any atom is 0.126 e. The van der Waals surface area contributed by atoms with E-state index in [1.54, 1.807) is 31.2 Å². The molecule has 0 aliphatic heterocycles. The molecule has 136 valence electrons. The van der Waals surface area contributed by atoms with Crippen LogP contribution in [0.4, 0.5) is 0 Å². The lowest BCUT2D eigenvalue weighted by Crippen LogP contribution is -1.92. The molecule has 0 aliphatic rings. The van der Waals surface area contributed by atoms with Gasteiger partial charge in [0, 0.05) is 33.1 Å². The highest BCUT2D eigenvalue weighted by atomic mass is 32.2. The van der Waals surface area contributed by atoms with Crippen molar-refractivity contribution in [1.29, 1.82) is 0 Å². The Morgan fingerprint density at radius 3 is 2.04 bits per heavy atom. The van der Waals surface area contributed by atoms with E-state index in [4.69, 9.17) is 10.2 Å². The van der Waals surface area contributed by atoms with Gasteiger partial charge in [-0.15, -0.1) is 0 Å². The normalized spacial score (nSPS) is 10.1. The number of rotatable bonds is 6. The maximum atomic E-state index is 10.4. The van der Waals surface area contributed by atoms with Crippen molar-refractivity contribution in [1.82, 2.24) is 0 Å². The lowest BCUT2D eigenvalue weighted by molar-refractivity contribution is 0.274. The molecule has 2 aromatic carbocycles. The van der Waals surface area contributed by atoms with Crippen LogP contribution in [-0.4, -0.2) is 32.1 Å². The summed E-state index contributed by atoms with van der Waals surface area (Å²) < 4.78 is 0. The van der Waals surface area contributed by atoms with Gasteiger partial charge in [-0.2, -0.15) is 4.91 Å². The van der Waals surface area contributed by atoms with Crippen molar-refractivity contribution in [2.45, 2.75) is 36.5 Å². The molecular weight excluding hydrogens is 346 g/mol. The third kappa shape index (κ3) is 6.02. The number of nitroso groups, excluding NO2 is 1. The highest BCUT2D eigenvalue weighted by molar-refractivity contribution is 7.99. The molecule has 0 unspecified atom stereocenters. The zero-order valence-electron chi connectivity index (χ0n) is 13.7. The second-order valence-electron chi connectivity index (χ2n) is 4.90. The first kappa shape index (κ1) is 20.9. The Morgan fingerprint density at radius 2 is 1.48 bits per heavy atom. The van der Waals surface area contributed by atoms with Gasteiger partial charge in [-0.3, -0.25) is 0 Å². The van der Waals surface area contributed by atoms with Gasteiger partial charge in [-0.05, 0) is 37.3 Å². The number of benzene rings is 2. The maximum absolute atomic E-state index is 10.4. The van der Waals surface area contributed by atoms with E-state index < -0.39 is 0 Å². The van der Waals surface area contributed by atoms with Crippen LogP contribution >= 0.6 is 11.8 Å². The first-order valence-electron chi connectivity index (χ1n) is 7.46. The van der Waals surface area contributed by atoms with Gasteiger partial charge < -0.3 is 25.5 Å². The molecule has 0 atom stereocenters. The van der Waals surface area contributed by atoms with Gasteiger partial charge in [-0.25, -0.2) is 0 Å². The fourth-order valence-electron chi connectivity index (χ4n) is 1.99. The van der Waals surface area contributed by atoms with Crippen molar-refractivity contribution in [2.75, 3.05) is 6.61 Å². The minimum atomic E-state index is -0.358. The Bertz CT molecular complexity index is 708. The van der Waals surface area contributed by atoms with Crippen LogP contribution in [0.2, 0.25) is 0 Å². The number of nitrogens with zero attached hydrogens (tertiary/aromatic N) is 1. The van der Waals surface area contributed by atoms with Crippen LogP contribution in [0.25, 0.3) is 0 Å². The molecule has 5 N–H and O–H groups in total. The molecule has 7 nitrogen and oxygen atoms in total. The monoisotopic (exact) mass is 367 g/mol. The largest absolute Gasteiger partial charge is 0.508 e. The lowest BCUT2D eigenvalue weighted by atomic mass is 10.1. The van der Waals surface area contributed by atoms with Crippen molar-refractivity contribution in [3.63, 3.8) is 0 Å². The molecule has 0 spiro atoms. The number of phenols is 2. The van der Waals surface area contributed by atoms with Gasteiger partial charge in [0.2, 0.25) is 0 Å². The van der Waals surface area contributed by atoms with E-state index in [0.717, 1.165) is 4.90 Å². The molecule has 0 fully saturated rings. The van der Waals surface area contributed by atoms with Gasteiger partial charge in [0.25, 0.3) is 0 Å². The van der Waals surface area contributed by atoms with Gasteiger partial charge in [0.1, 0.15) is 18.0 Å². The SMILES string of the molecule is CCO.O=NCc1cc(Sc2ccc(O)c(CO)c2)cc(CO)c1O. The van der Waals surface area contributed by atoms with Crippen LogP contribution in [0.3, 0.4) is 0 Å². The van der Waals surface area contributed by atoms with Crippen LogP contribution in [0.5, 0.6) is 11.5 Å². The van der Waals surface area contributed by atoms with Crippen LogP contribution in [0.1, 0.15) is 23.6 Å². The van der Waals surface area contributed by atoms with E-state index in [9.17, 15) is 20.2 Å². The van der Waals surface area contributed by atoms with Crippen molar-refractivity contribution in [3.8, 4) is 11.5 Å². The summed E-state index contributed by atoms with van der Waals surface area (Å²) in [7, 11) is 0. The number of aliphatic hydroxyl groups excluding tert-OH is 3. The highest BCUT2D eigenvalue weighted by Crippen LogP contribution is 2.35. The quantitative estimate of drug-likeness (QED) is 0.496. The molecule has 0 heterocycles. The molecule has 0 aromatic heterocycles. The molecule has 8 heteroatoms. The van der Waals surface area contributed by atoms with E-state index in [0.29, 0.717) is 21.6 Å². The summed E-state index contributed by atoms with van der Waals surface area (Å²) in [6, 6.07) is 8.03. The Kier molecular flexibility index (Phi) is 8.93. The van der Waals surface area contributed by atoms with E-state index in [1.165, 1.54) is 17.8 Å². The van der Waals surface area contributed by atoms with Crippen LogP contribution in [-0.2, 0) is 19.8 Å². The first-order valence-corrected chi connectivity index (χ1v) is 8.28. The second-order valence-corrected chi connectivity index (χ2v) is 6.05. The van der Waals surface area contributed by atoms with Gasteiger partial charge >= 0.3 is 0 Å². The smallest absolute Gasteiger partial charge is 0.126 e. The molecule has 25 heavy (non-hydrogen) atoms. The molecule has 0 radical (unpaired) electrons. The zero-order chi connectivity index (χ0) is 18.8. The molecule has 0 aliphatic carbocycles. The lowest BCUT2D eigenvalue weighted by Gasteiger charge is -2.10. The van der Waals surface area contributed by atoms with Crippen LogP contribution in [0.15, 0.2) is 45.3 Å². The fourth-order valence-corrected chi connectivity index (χ4v) is 3.00. The minimum Gasteiger partial charge on any atom is -0.508 e. The van der Waals surface area contributed by atoms with E-state index in [-0.39, 0.29) is 37.9 Å². The molecule has 2 rings (SSSR count). The van der Waals surface area contributed by atoms with Crippen LogP contribution < -0.4 is 0 Å². The Hall–Kier alpha value is -2.13. The summed E-state index contributed by atoms with van der Waals surface area (Å²) in [5.74, 6) is -0.118. The number of aliphatic hydroxyl groups is 3. The zero-order valence-corrected chi connectivity index (χ0v) is 14.5. The summed E-state index contributed by atoms with van der Waals surface area (Å²) >= 11 is 1.32. The van der Waals surface area contributed by atoms with Gasteiger partial charge in [0.15, 0.2) is 0 Å². The third-order valence-corrected chi connectivity index (χ3v) is 4.06. The van der Waals surface area contributed by atoms with Crippen molar-refractivity contribution in [3.05, 3.63) is 51.9 Å². The summed E-state index contributed by atoms with van der Waals surface area (Å²) in [6.07, 6.45) is 0. The summed E-state index contributed by atoms with van der Waals surface area (Å²) in [6.45, 7) is 1.10. The molecule has 2 aromatic rings. The third-order valence-electron chi connectivity index (χ3n) is 3.10. The first-order chi connectivity index (χ1) is 12.0. The fraction of sp³-hybridized carbons (Fsp3) is 0.294. The van der Waals surface area contributed by atoms with Crippen molar-refractivity contribution >= 4 is 11.8 Å². The average Bonchev–Trinajstić information content (AvgIpc) is 2.60. The molecule has 0 saturated carbocycles. The van der Waals surface area contributed by atoms with Gasteiger partial charge in [0.05, 0.1) is 13.2 Å². The average molecular weight is 367 g/mol. The Balaban J connectivity index is 0.000000970. The van der Waals surface area contributed by atoms with E-state index >= 15 is 0 Å². The van der Waals surface area contributed by atoms with E-state index in [1.807, 2.05) is 0 Å². The summed E-state index contributed by atoms with van der Waals surface area (Å²) in [4.78, 5) is 11.9. The number of hydrogen-bond acceptors (Lipinski definition) is 8. The highest BCUT2D eigenvalue weighted by Gasteiger charge is 2.11. The topological polar surface area (TPSA) is 131 Å². The summed E-state index contributed by atoms with van der Waals surface area (Å²) in [5, 5.41) is 48.2. The predicted octanol–water partition coefficient (Wildman–Crippen LogP) is 2.50. The van der Waals surface area contributed by atoms with Crippen molar-refractivity contribution < 1.29 is 25.5 Å². The molecular formula is C17H21NO6S. The van der Waals surface area contributed by atoms with E-state index in [2.05, 4.69) is 5.18 Å². The Morgan fingerprint density at radius 1 is 0.920 bits per heavy atom. The number of hydrogen-bond donors (Lipinski definition) is 5. The number of aromatic hydroxyl groups is 2. The summed E-state index contributed by atoms with van der Waals surface area (Å²) in [5.41, 5.74) is 1.05. The molecule has 0 bridgehead atoms. The Labute approximate surface area is 149 Å². The molecule has 0 saturated heterocycles. The van der Waals surface area contributed by atoms with Gasteiger partial charge in [-0.1, -0.05) is 16.9 Å². The van der Waals surface area contributed by atoms with Crippen molar-refractivity contribution in [2.24, 2.45) is 5.18 Å². The second kappa shape index (κ2) is 10.7. The van der Waals surface area contributed by atoms with Crippen LogP contribution in [0, 0.1) is 4.91 Å².